The van der Waals surface area contributed by atoms with Gasteiger partial charge in [0, 0.05) is 25.2 Å². The lowest BCUT2D eigenvalue weighted by molar-refractivity contribution is -0.384. The number of carbonyl (C=O) groups excluding carboxylic acids is 4. The Hall–Kier alpha value is -5.50. The SMILES string of the molecule is CC(C)[C@H](NC(=O)N[C@@H](c1ccccc1)[C@@H](N)c1ccccc1)C(=O)NCCCCNC(=O)[C@@H](NC(=O)Oc1ccc([N+](=O)[O-])cc1)C(C)C. The second-order valence-corrected chi connectivity index (χ2v) is 12.5. The van der Waals surface area contributed by atoms with Gasteiger partial charge in [0.15, 0.2) is 0 Å². The molecule has 5 amide bonds. The highest BCUT2D eigenvalue weighted by Gasteiger charge is 2.28. The molecule has 0 heterocycles. The van der Waals surface area contributed by atoms with Gasteiger partial charge in [-0.3, -0.25) is 19.7 Å². The first kappa shape index (κ1) is 38.9. The maximum atomic E-state index is 13.2. The summed E-state index contributed by atoms with van der Waals surface area (Å²) in [6.07, 6.45) is 0.222. The van der Waals surface area contributed by atoms with E-state index in [0.717, 1.165) is 11.1 Å². The van der Waals surface area contributed by atoms with E-state index in [9.17, 15) is 29.3 Å². The van der Waals surface area contributed by atoms with E-state index in [0.29, 0.717) is 25.9 Å². The Morgan fingerprint density at radius 2 is 1.18 bits per heavy atom. The van der Waals surface area contributed by atoms with Crippen molar-refractivity contribution in [3.63, 3.8) is 0 Å². The number of nitro benzene ring substituents is 1. The monoisotopic (exact) mass is 689 g/mol. The molecular formula is C36H47N7O7. The predicted octanol–water partition coefficient (Wildman–Crippen LogP) is 4.49. The second kappa shape index (κ2) is 19.5. The van der Waals surface area contributed by atoms with E-state index in [1.807, 2.05) is 74.5 Å². The van der Waals surface area contributed by atoms with Gasteiger partial charge in [-0.05, 0) is 47.9 Å². The Kier molecular flexibility index (Phi) is 15.2. The van der Waals surface area contributed by atoms with Gasteiger partial charge in [-0.2, -0.15) is 0 Å². The molecule has 0 radical (unpaired) electrons. The van der Waals surface area contributed by atoms with Gasteiger partial charge in [0.2, 0.25) is 11.8 Å². The largest absolute Gasteiger partial charge is 0.413 e. The summed E-state index contributed by atoms with van der Waals surface area (Å²) in [6, 6.07) is 20.6. The molecule has 3 rings (SSSR count). The summed E-state index contributed by atoms with van der Waals surface area (Å²) in [4.78, 5) is 61.7. The number of carbonyl (C=O) groups is 4. The van der Waals surface area contributed by atoms with Crippen LogP contribution in [0.15, 0.2) is 84.9 Å². The summed E-state index contributed by atoms with van der Waals surface area (Å²) in [6.45, 7) is 7.83. The van der Waals surface area contributed by atoms with Gasteiger partial charge in [-0.15, -0.1) is 0 Å². The molecule has 3 aromatic carbocycles. The Bertz CT molecular complexity index is 1550. The Balaban J connectivity index is 1.44. The topological polar surface area (TPSA) is 207 Å². The number of nitro groups is 1. The van der Waals surface area contributed by atoms with Crippen LogP contribution in [0.5, 0.6) is 5.75 Å². The number of urea groups is 1. The van der Waals surface area contributed by atoms with E-state index in [-0.39, 0.29) is 29.2 Å². The van der Waals surface area contributed by atoms with Crippen molar-refractivity contribution in [2.45, 2.75) is 64.7 Å². The van der Waals surface area contributed by atoms with Crippen molar-refractivity contribution < 1.29 is 28.8 Å². The van der Waals surface area contributed by atoms with Crippen LogP contribution in [-0.2, 0) is 9.59 Å². The van der Waals surface area contributed by atoms with Gasteiger partial charge in [0.25, 0.3) is 5.69 Å². The number of hydrogen-bond donors (Lipinski definition) is 6. The smallest absolute Gasteiger partial charge is 0.410 e. The number of nitrogens with one attached hydrogen (secondary N) is 5. The van der Waals surface area contributed by atoms with Crippen LogP contribution in [0.4, 0.5) is 15.3 Å². The van der Waals surface area contributed by atoms with Crippen LogP contribution < -0.4 is 37.1 Å². The standard InChI is InChI=1S/C36H47N7O7/c1-23(2)30(40-35(46)41-32(26-15-9-6-10-16-26)29(37)25-13-7-5-8-14-25)33(44)38-21-11-12-22-39-34(45)31(24(3)4)42-36(47)50-28-19-17-27(18-20-28)43(48)49/h5-10,13-20,23-24,29-32H,11-12,21-22,37H2,1-4H3,(H,38,44)(H,39,45)(H,42,47)(H2,40,41,46)/t29-,30-,31-,32-/m0/s1. The van der Waals surface area contributed by atoms with Crippen molar-refractivity contribution in [2.24, 2.45) is 17.6 Å². The molecule has 268 valence electrons. The Labute approximate surface area is 292 Å². The molecule has 4 atom stereocenters. The Morgan fingerprint density at radius 3 is 1.66 bits per heavy atom. The van der Waals surface area contributed by atoms with E-state index in [1.54, 1.807) is 13.8 Å². The Morgan fingerprint density at radius 1 is 0.700 bits per heavy atom. The molecule has 14 heteroatoms. The summed E-state index contributed by atoms with van der Waals surface area (Å²) in [7, 11) is 0. The highest BCUT2D eigenvalue weighted by molar-refractivity contribution is 5.87. The lowest BCUT2D eigenvalue weighted by atomic mass is 9.94. The first-order chi connectivity index (χ1) is 23.9. The zero-order chi connectivity index (χ0) is 36.6. The predicted molar refractivity (Wildman–Crippen MR) is 189 cm³/mol. The normalized spacial score (nSPS) is 13.3. The van der Waals surface area contributed by atoms with E-state index >= 15 is 0 Å². The molecule has 0 bridgehead atoms. The average Bonchev–Trinajstić information content (AvgIpc) is 3.10. The molecule has 0 fully saturated rings. The molecule has 0 aliphatic carbocycles. The van der Waals surface area contributed by atoms with Crippen molar-refractivity contribution in [3.8, 4) is 5.75 Å². The third-order valence-electron chi connectivity index (χ3n) is 7.91. The minimum absolute atomic E-state index is 0.0947. The lowest BCUT2D eigenvalue weighted by Crippen LogP contribution is -2.53. The van der Waals surface area contributed by atoms with Crippen molar-refractivity contribution in [2.75, 3.05) is 13.1 Å². The zero-order valence-corrected chi connectivity index (χ0v) is 28.8. The van der Waals surface area contributed by atoms with Gasteiger partial charge < -0.3 is 37.1 Å². The van der Waals surface area contributed by atoms with Crippen LogP contribution >= 0.6 is 0 Å². The summed E-state index contributed by atoms with van der Waals surface area (Å²) < 4.78 is 5.16. The summed E-state index contributed by atoms with van der Waals surface area (Å²) in [5.41, 5.74) is 8.14. The zero-order valence-electron chi connectivity index (χ0n) is 28.8. The van der Waals surface area contributed by atoms with Crippen molar-refractivity contribution in [3.05, 3.63) is 106 Å². The maximum Gasteiger partial charge on any atom is 0.413 e. The fourth-order valence-corrected chi connectivity index (χ4v) is 5.10. The number of hydrogen-bond acceptors (Lipinski definition) is 8. The quantitative estimate of drug-likeness (QED) is 0.0675. The van der Waals surface area contributed by atoms with Gasteiger partial charge in [0.1, 0.15) is 17.8 Å². The fraction of sp³-hybridized carbons (Fsp3) is 0.389. The van der Waals surface area contributed by atoms with Gasteiger partial charge in [0.05, 0.1) is 17.0 Å². The number of rotatable bonds is 17. The van der Waals surface area contributed by atoms with E-state index in [2.05, 4.69) is 26.6 Å². The van der Waals surface area contributed by atoms with Crippen LogP contribution in [0, 0.1) is 22.0 Å². The van der Waals surface area contributed by atoms with Crippen molar-refractivity contribution in [1.29, 1.82) is 0 Å². The fourth-order valence-electron chi connectivity index (χ4n) is 5.10. The van der Waals surface area contributed by atoms with Crippen LogP contribution in [0.1, 0.15) is 63.7 Å². The van der Waals surface area contributed by atoms with Crippen LogP contribution in [0.3, 0.4) is 0 Å². The van der Waals surface area contributed by atoms with Gasteiger partial charge in [-0.1, -0.05) is 88.4 Å². The molecular weight excluding hydrogens is 642 g/mol. The minimum atomic E-state index is -0.881. The first-order valence-electron chi connectivity index (χ1n) is 16.6. The molecule has 3 aromatic rings. The minimum Gasteiger partial charge on any atom is -0.410 e. The van der Waals surface area contributed by atoms with E-state index in [1.165, 1.54) is 24.3 Å². The second-order valence-electron chi connectivity index (χ2n) is 12.5. The van der Waals surface area contributed by atoms with Crippen LogP contribution in [0.2, 0.25) is 0 Å². The van der Waals surface area contributed by atoms with Crippen LogP contribution in [0.25, 0.3) is 0 Å². The molecule has 0 saturated heterocycles. The summed E-state index contributed by atoms with van der Waals surface area (Å²) in [5, 5.41) is 24.8. The first-order valence-corrected chi connectivity index (χ1v) is 16.6. The number of non-ortho nitro benzene ring substituents is 1. The highest BCUT2D eigenvalue weighted by atomic mass is 16.6. The van der Waals surface area contributed by atoms with Gasteiger partial charge >= 0.3 is 12.1 Å². The molecule has 0 aliphatic rings. The van der Waals surface area contributed by atoms with Crippen molar-refractivity contribution in [1.82, 2.24) is 26.6 Å². The number of nitrogens with two attached hydrogens (primary N) is 1. The molecule has 50 heavy (non-hydrogen) atoms. The number of nitrogens with zero attached hydrogens (tertiary/aromatic N) is 1. The maximum absolute atomic E-state index is 13.2. The molecule has 0 saturated carbocycles. The average molecular weight is 690 g/mol. The third-order valence-corrected chi connectivity index (χ3v) is 7.91. The third kappa shape index (κ3) is 12.2. The molecule has 0 unspecified atom stereocenters. The lowest BCUT2D eigenvalue weighted by Gasteiger charge is -2.28. The molecule has 0 spiro atoms. The van der Waals surface area contributed by atoms with Gasteiger partial charge in [-0.25, -0.2) is 9.59 Å². The summed E-state index contributed by atoms with van der Waals surface area (Å²) >= 11 is 0. The number of amides is 5. The van der Waals surface area contributed by atoms with E-state index < -0.39 is 47.1 Å². The highest BCUT2D eigenvalue weighted by Crippen LogP contribution is 2.27. The number of ether oxygens (including phenoxy) is 1. The van der Waals surface area contributed by atoms with E-state index in [4.69, 9.17) is 10.5 Å². The number of unbranched alkanes of at least 4 members (excludes halogenated alkanes) is 1. The molecule has 0 aliphatic heterocycles. The molecule has 7 N–H and O–H groups in total. The van der Waals surface area contributed by atoms with Crippen molar-refractivity contribution >= 4 is 29.6 Å². The summed E-state index contributed by atoms with van der Waals surface area (Å²) in [5.74, 6) is -1.10. The molecule has 14 nitrogen and oxygen atoms in total. The molecule has 0 aromatic heterocycles. The number of benzene rings is 3. The van der Waals surface area contributed by atoms with Crippen LogP contribution in [-0.4, -0.2) is 54.0 Å².